The summed E-state index contributed by atoms with van der Waals surface area (Å²) in [7, 11) is 0. The van der Waals surface area contributed by atoms with Crippen molar-refractivity contribution in [2.45, 2.75) is 0 Å². The van der Waals surface area contributed by atoms with Crippen LogP contribution in [0.2, 0.25) is 0 Å². The molecule has 1 aliphatic heterocycles. The second-order valence-electron chi connectivity index (χ2n) is 2.17. The average molecular weight is 150 g/mol. The third-order valence-corrected chi connectivity index (χ3v) is 1.44. The predicted octanol–water partition coefficient (Wildman–Crippen LogP) is 0.789. The highest BCUT2D eigenvalue weighted by Crippen LogP contribution is 2.15. The summed E-state index contributed by atoms with van der Waals surface area (Å²) in [5, 5.41) is 6.68. The molecule has 0 saturated heterocycles. The molecule has 0 amide bonds. The van der Waals surface area contributed by atoms with E-state index in [2.05, 4.69) is 10.2 Å². The lowest BCUT2D eigenvalue weighted by Crippen LogP contribution is -2.08. The Morgan fingerprint density at radius 3 is 2.91 bits per heavy atom. The second-order valence-corrected chi connectivity index (χ2v) is 2.17. The molecule has 54 valence electrons. The van der Waals surface area contributed by atoms with E-state index in [0.717, 1.165) is 0 Å². The van der Waals surface area contributed by atoms with E-state index in [0.29, 0.717) is 5.71 Å². The molecule has 0 aromatic carbocycles. The lowest BCUT2D eigenvalue weighted by Gasteiger charge is -1.98. The molecule has 2 rings (SSSR count). The Kier molecular flexibility index (Phi) is 1.09. The van der Waals surface area contributed by atoms with Crippen LogP contribution < -0.4 is 0 Å². The molecule has 0 radical (unpaired) electrons. The molecular weight excluding hydrogens is 147 g/mol. The minimum Gasteiger partial charge on any atom is -0.290 e. The number of allylic oxidation sites excluding steroid dienone is 4. The Morgan fingerprint density at radius 1 is 1.27 bits per heavy atom. The van der Waals surface area contributed by atoms with Crippen LogP contribution in [0.15, 0.2) is 34.0 Å². The maximum Gasteiger partial charge on any atom is 0.242 e. The molecule has 0 aromatic rings. The van der Waals surface area contributed by atoms with Gasteiger partial charge >= 0.3 is 0 Å². The molecule has 0 atom stereocenters. The standard InChI is InChI=1S/C7H3FN2O/c8-7-5-3-4(11)1-2-6(5)9-10-7/h1-3H. The summed E-state index contributed by atoms with van der Waals surface area (Å²) < 4.78 is 12.6. The van der Waals surface area contributed by atoms with Crippen LogP contribution in [-0.4, -0.2) is 17.5 Å². The summed E-state index contributed by atoms with van der Waals surface area (Å²) in [6.07, 6.45) is 3.97. The van der Waals surface area contributed by atoms with Gasteiger partial charge in [-0.2, -0.15) is 4.39 Å². The molecule has 0 fully saturated rings. The van der Waals surface area contributed by atoms with E-state index < -0.39 is 5.97 Å². The van der Waals surface area contributed by atoms with Crippen molar-refractivity contribution in [2.75, 3.05) is 0 Å². The molecule has 0 aromatic heterocycles. The van der Waals surface area contributed by atoms with Crippen LogP contribution in [0.5, 0.6) is 0 Å². The quantitative estimate of drug-likeness (QED) is 0.470. The van der Waals surface area contributed by atoms with Crippen molar-refractivity contribution < 1.29 is 9.18 Å². The molecule has 3 nitrogen and oxygen atoms in total. The zero-order valence-corrected chi connectivity index (χ0v) is 5.41. The maximum atomic E-state index is 12.6. The van der Waals surface area contributed by atoms with Crippen LogP contribution in [0.3, 0.4) is 0 Å². The van der Waals surface area contributed by atoms with E-state index in [4.69, 9.17) is 0 Å². The number of halogens is 1. The molecule has 2 aliphatic rings. The number of rotatable bonds is 0. The summed E-state index contributed by atoms with van der Waals surface area (Å²) in [6, 6.07) is 0. The lowest BCUT2D eigenvalue weighted by molar-refractivity contribution is -0.110. The first kappa shape index (κ1) is 6.15. The first-order valence-electron chi connectivity index (χ1n) is 3.03. The van der Waals surface area contributed by atoms with Crippen LogP contribution in [0.25, 0.3) is 0 Å². The molecule has 11 heavy (non-hydrogen) atoms. The highest BCUT2D eigenvalue weighted by Gasteiger charge is 2.21. The first-order chi connectivity index (χ1) is 5.27. The van der Waals surface area contributed by atoms with Crippen molar-refractivity contribution in [3.05, 3.63) is 23.8 Å². The number of carbonyl (C=O) groups is 1. The van der Waals surface area contributed by atoms with Crippen LogP contribution in [0.1, 0.15) is 0 Å². The van der Waals surface area contributed by atoms with E-state index in [9.17, 15) is 9.18 Å². The molecule has 0 unspecified atom stereocenters. The fourth-order valence-corrected chi connectivity index (χ4v) is 0.919. The molecule has 0 saturated carbocycles. The minimum atomic E-state index is -0.683. The van der Waals surface area contributed by atoms with Crippen molar-refractivity contribution in [3.63, 3.8) is 0 Å². The van der Waals surface area contributed by atoms with Crippen LogP contribution >= 0.6 is 0 Å². The smallest absolute Gasteiger partial charge is 0.242 e. The second kappa shape index (κ2) is 1.95. The lowest BCUT2D eigenvalue weighted by atomic mass is 10.0. The van der Waals surface area contributed by atoms with E-state index >= 15 is 0 Å². The predicted molar refractivity (Wildman–Crippen MR) is 38.2 cm³/mol. The van der Waals surface area contributed by atoms with Gasteiger partial charge in [-0.1, -0.05) is 0 Å². The highest BCUT2D eigenvalue weighted by atomic mass is 19.1. The fraction of sp³-hybridized carbons (Fsp3) is 0. The summed E-state index contributed by atoms with van der Waals surface area (Å²) in [5.74, 6) is -0.913. The summed E-state index contributed by atoms with van der Waals surface area (Å²) in [5.41, 5.74) is 0.611. The van der Waals surface area contributed by atoms with Gasteiger partial charge in [-0.15, -0.1) is 10.2 Å². The molecule has 4 heteroatoms. The van der Waals surface area contributed by atoms with E-state index in [-0.39, 0.29) is 11.4 Å². The van der Waals surface area contributed by atoms with Gasteiger partial charge < -0.3 is 0 Å². The fourth-order valence-electron chi connectivity index (χ4n) is 0.919. The molecule has 1 heterocycles. The summed E-state index contributed by atoms with van der Waals surface area (Å²) in [4.78, 5) is 10.7. The van der Waals surface area contributed by atoms with E-state index in [1.54, 1.807) is 0 Å². The van der Waals surface area contributed by atoms with Crippen molar-refractivity contribution in [1.82, 2.24) is 0 Å². The van der Waals surface area contributed by atoms with Crippen molar-refractivity contribution in [3.8, 4) is 0 Å². The van der Waals surface area contributed by atoms with Gasteiger partial charge in [-0.3, -0.25) is 4.79 Å². The Balaban J connectivity index is 2.50. The SMILES string of the molecule is O=C1C=CC2=NN=C(F)C2=C1. The van der Waals surface area contributed by atoms with Crippen molar-refractivity contribution in [2.24, 2.45) is 10.2 Å². The zero-order chi connectivity index (χ0) is 7.84. The van der Waals surface area contributed by atoms with Crippen LogP contribution in [0.4, 0.5) is 4.39 Å². The number of hydrogen-bond donors (Lipinski definition) is 0. The zero-order valence-electron chi connectivity index (χ0n) is 5.41. The number of hydrogen-bond acceptors (Lipinski definition) is 3. The highest BCUT2D eigenvalue weighted by molar-refractivity contribution is 6.33. The van der Waals surface area contributed by atoms with E-state index in [1.807, 2.05) is 0 Å². The first-order valence-corrected chi connectivity index (χ1v) is 3.03. The molecule has 0 bridgehead atoms. The minimum absolute atomic E-state index is 0.192. The monoisotopic (exact) mass is 150 g/mol. The van der Waals surface area contributed by atoms with Gasteiger partial charge in [0.25, 0.3) is 0 Å². The van der Waals surface area contributed by atoms with Gasteiger partial charge in [0, 0.05) is 0 Å². The largest absolute Gasteiger partial charge is 0.290 e. The Morgan fingerprint density at radius 2 is 2.09 bits per heavy atom. The Labute approximate surface area is 61.6 Å². The van der Waals surface area contributed by atoms with Gasteiger partial charge in [0.1, 0.15) is 0 Å². The molecular formula is C7H3FN2O. The van der Waals surface area contributed by atoms with Crippen molar-refractivity contribution >= 4 is 17.5 Å². The number of ketones is 1. The Bertz CT molecular complexity index is 349. The average Bonchev–Trinajstić information content (AvgIpc) is 2.33. The van der Waals surface area contributed by atoms with Gasteiger partial charge in [0.2, 0.25) is 5.97 Å². The molecule has 1 aliphatic carbocycles. The topological polar surface area (TPSA) is 41.8 Å². The van der Waals surface area contributed by atoms with Gasteiger partial charge in [-0.05, 0) is 18.2 Å². The normalized spacial score (nSPS) is 20.8. The van der Waals surface area contributed by atoms with Gasteiger partial charge in [0.15, 0.2) is 5.78 Å². The van der Waals surface area contributed by atoms with Gasteiger partial charge in [-0.25, -0.2) is 0 Å². The number of fused-ring (bicyclic) bond motifs is 1. The van der Waals surface area contributed by atoms with Crippen LogP contribution in [0, 0.1) is 0 Å². The maximum absolute atomic E-state index is 12.6. The molecule has 0 N–H and O–H groups in total. The van der Waals surface area contributed by atoms with Gasteiger partial charge in [0.05, 0.1) is 11.3 Å². The summed E-state index contributed by atoms with van der Waals surface area (Å²) >= 11 is 0. The number of carbonyl (C=O) groups excluding carboxylic acids is 1. The Hall–Kier alpha value is -1.58. The third-order valence-electron chi connectivity index (χ3n) is 1.44. The molecule has 0 spiro atoms. The van der Waals surface area contributed by atoms with Crippen LogP contribution in [-0.2, 0) is 4.79 Å². The summed E-state index contributed by atoms with van der Waals surface area (Å²) in [6.45, 7) is 0. The van der Waals surface area contributed by atoms with E-state index in [1.165, 1.54) is 18.2 Å². The van der Waals surface area contributed by atoms with Crippen molar-refractivity contribution in [1.29, 1.82) is 0 Å². The third kappa shape index (κ3) is 0.832. The number of nitrogens with zero attached hydrogens (tertiary/aromatic N) is 2.